The van der Waals surface area contributed by atoms with Crippen LogP contribution in [0.1, 0.15) is 26.7 Å². The molecule has 0 aliphatic rings. The Bertz CT molecular complexity index is 158. The Morgan fingerprint density at radius 2 is 1.54 bits per heavy atom. The van der Waals surface area contributed by atoms with Gasteiger partial charge in [0.15, 0.2) is 0 Å². The van der Waals surface area contributed by atoms with Crippen LogP contribution in [-0.4, -0.2) is 29.5 Å². The summed E-state index contributed by atoms with van der Waals surface area (Å²) in [5, 5.41) is 17.5. The molecule has 0 aliphatic carbocycles. The summed E-state index contributed by atoms with van der Waals surface area (Å²) in [7, 11) is -3.71. The molecule has 0 unspecified atom stereocenters. The third-order valence-electron chi connectivity index (χ3n) is 1.23. The molecule has 0 radical (unpaired) electrons. The van der Waals surface area contributed by atoms with Crippen molar-refractivity contribution in [2.45, 2.75) is 32.7 Å². The first-order valence-electron chi connectivity index (χ1n) is 4.31. The zero-order valence-corrected chi connectivity index (χ0v) is 8.87. The monoisotopic (exact) mass is 212 g/mol. The maximum Gasteiger partial charge on any atom is 0.386 e. The molecule has 0 saturated carbocycles. The Labute approximate surface area is 78.2 Å². The molecule has 6 heteroatoms. The maximum atomic E-state index is 11.5. The summed E-state index contributed by atoms with van der Waals surface area (Å²) in [4.78, 5) is 0. The zero-order chi connectivity index (χ0) is 10.3. The molecule has 2 N–H and O–H groups in total. The van der Waals surface area contributed by atoms with Crippen molar-refractivity contribution in [1.29, 1.82) is 0 Å². The molecule has 0 aromatic rings. The van der Waals surface area contributed by atoms with Gasteiger partial charge < -0.3 is 19.3 Å². The molecule has 0 rings (SSSR count). The molecule has 0 bridgehead atoms. The van der Waals surface area contributed by atoms with Crippen molar-refractivity contribution in [2.75, 3.05) is 13.2 Å². The first-order chi connectivity index (χ1) is 6.06. The Hall–Kier alpha value is 0.0700. The van der Waals surface area contributed by atoms with Crippen LogP contribution in [0.4, 0.5) is 0 Å². The van der Waals surface area contributed by atoms with Gasteiger partial charge in [0.25, 0.3) is 6.03 Å². The highest BCUT2D eigenvalue weighted by Gasteiger charge is 2.32. The summed E-state index contributed by atoms with van der Waals surface area (Å²) in [5.41, 5.74) is 0. The standard InChI is InChI=1S/C7H17O5P/c1-3-5-11-13(10,7(8)9)12-6-4-2/h7-9H,3-6H2,1-2H3. The van der Waals surface area contributed by atoms with E-state index in [0.717, 1.165) is 0 Å². The summed E-state index contributed by atoms with van der Waals surface area (Å²) >= 11 is 0. The molecule has 0 atom stereocenters. The molecule has 0 aromatic carbocycles. The summed E-state index contributed by atoms with van der Waals surface area (Å²) in [5.74, 6) is 0. The third-order valence-corrected chi connectivity index (χ3v) is 2.88. The smallest absolute Gasteiger partial charge is 0.359 e. The van der Waals surface area contributed by atoms with E-state index < -0.39 is 13.6 Å². The lowest BCUT2D eigenvalue weighted by atomic mass is 10.5. The van der Waals surface area contributed by atoms with Crippen molar-refractivity contribution in [3.8, 4) is 0 Å². The maximum absolute atomic E-state index is 11.5. The van der Waals surface area contributed by atoms with Gasteiger partial charge in [-0.1, -0.05) is 13.8 Å². The highest BCUT2D eigenvalue weighted by Crippen LogP contribution is 2.51. The van der Waals surface area contributed by atoms with Gasteiger partial charge in [0.1, 0.15) is 0 Å². The average Bonchev–Trinajstić information content (AvgIpc) is 2.11. The van der Waals surface area contributed by atoms with Crippen LogP contribution in [0.5, 0.6) is 0 Å². The quantitative estimate of drug-likeness (QED) is 0.491. The largest absolute Gasteiger partial charge is 0.386 e. The molecule has 0 heterocycles. The molecule has 0 aliphatic heterocycles. The van der Waals surface area contributed by atoms with Crippen molar-refractivity contribution >= 4 is 7.60 Å². The molecule has 0 amide bonds. The SMILES string of the molecule is CCCOP(=O)(OCCC)C(O)O. The Morgan fingerprint density at radius 3 is 1.77 bits per heavy atom. The van der Waals surface area contributed by atoms with Crippen molar-refractivity contribution < 1.29 is 23.8 Å². The minimum absolute atomic E-state index is 0.193. The Kier molecular flexibility index (Phi) is 6.55. The third kappa shape index (κ3) is 4.74. The fourth-order valence-corrected chi connectivity index (χ4v) is 1.82. The van der Waals surface area contributed by atoms with E-state index >= 15 is 0 Å². The highest BCUT2D eigenvalue weighted by molar-refractivity contribution is 7.54. The second-order valence-electron chi connectivity index (χ2n) is 2.55. The lowest BCUT2D eigenvalue weighted by molar-refractivity contribution is -0.00361. The van der Waals surface area contributed by atoms with Gasteiger partial charge in [-0.25, -0.2) is 0 Å². The van der Waals surface area contributed by atoms with Crippen molar-refractivity contribution in [3.63, 3.8) is 0 Å². The number of aliphatic hydroxyl groups excluding tert-OH is 1. The van der Waals surface area contributed by atoms with Gasteiger partial charge in [-0.2, -0.15) is 0 Å². The molecule has 13 heavy (non-hydrogen) atoms. The first-order valence-corrected chi connectivity index (χ1v) is 5.93. The fraction of sp³-hybridized carbons (Fsp3) is 1.00. The molecule has 0 aromatic heterocycles. The van der Waals surface area contributed by atoms with Gasteiger partial charge in [-0.05, 0) is 12.8 Å². The summed E-state index contributed by atoms with van der Waals surface area (Å²) in [6.45, 7) is 4.04. The predicted molar refractivity (Wildman–Crippen MR) is 48.3 cm³/mol. The normalized spacial score (nSPS) is 12.4. The number of aliphatic hydroxyl groups is 2. The van der Waals surface area contributed by atoms with Crippen LogP contribution < -0.4 is 0 Å². The van der Waals surface area contributed by atoms with Crippen molar-refractivity contribution in [2.24, 2.45) is 0 Å². The lowest BCUT2D eigenvalue weighted by Crippen LogP contribution is -2.12. The topological polar surface area (TPSA) is 76.0 Å². The number of hydrogen-bond acceptors (Lipinski definition) is 5. The van der Waals surface area contributed by atoms with Gasteiger partial charge >= 0.3 is 7.60 Å². The second kappa shape index (κ2) is 6.51. The number of hydrogen-bond donors (Lipinski definition) is 2. The van der Waals surface area contributed by atoms with Gasteiger partial charge in [-0.15, -0.1) is 0 Å². The first kappa shape index (κ1) is 13.1. The van der Waals surface area contributed by atoms with E-state index in [4.69, 9.17) is 19.3 Å². The lowest BCUT2D eigenvalue weighted by Gasteiger charge is -2.18. The van der Waals surface area contributed by atoms with Gasteiger partial charge in [0, 0.05) is 0 Å². The Balaban J connectivity index is 4.09. The van der Waals surface area contributed by atoms with E-state index in [-0.39, 0.29) is 13.2 Å². The molecule has 0 spiro atoms. The van der Waals surface area contributed by atoms with Gasteiger partial charge in [0.05, 0.1) is 13.2 Å². The molecular weight excluding hydrogens is 195 g/mol. The molecule has 5 nitrogen and oxygen atoms in total. The second-order valence-corrected chi connectivity index (χ2v) is 4.61. The van der Waals surface area contributed by atoms with Gasteiger partial charge in [0.2, 0.25) is 0 Å². The van der Waals surface area contributed by atoms with Crippen molar-refractivity contribution in [1.82, 2.24) is 0 Å². The molecule has 0 fully saturated rings. The predicted octanol–water partition coefficient (Wildman–Crippen LogP) is 1.30. The minimum atomic E-state index is -3.71. The van der Waals surface area contributed by atoms with E-state index in [1.807, 2.05) is 13.8 Å². The van der Waals surface area contributed by atoms with E-state index in [9.17, 15) is 4.57 Å². The van der Waals surface area contributed by atoms with E-state index in [0.29, 0.717) is 12.8 Å². The zero-order valence-electron chi connectivity index (χ0n) is 7.97. The summed E-state index contributed by atoms with van der Waals surface area (Å²) < 4.78 is 21.0. The fourth-order valence-electron chi connectivity index (χ4n) is 0.608. The average molecular weight is 212 g/mol. The van der Waals surface area contributed by atoms with Crippen molar-refractivity contribution in [3.05, 3.63) is 0 Å². The molecule has 80 valence electrons. The van der Waals surface area contributed by atoms with Gasteiger partial charge in [-0.3, -0.25) is 4.57 Å². The van der Waals surface area contributed by atoms with E-state index in [1.165, 1.54) is 0 Å². The summed E-state index contributed by atoms with van der Waals surface area (Å²) in [6, 6.07) is -2.05. The van der Waals surface area contributed by atoms with Crippen LogP contribution in [0.2, 0.25) is 0 Å². The number of rotatable bonds is 7. The van der Waals surface area contributed by atoms with Crippen LogP contribution in [0.25, 0.3) is 0 Å². The minimum Gasteiger partial charge on any atom is -0.359 e. The highest BCUT2D eigenvalue weighted by atomic mass is 31.2. The van der Waals surface area contributed by atoms with E-state index in [1.54, 1.807) is 0 Å². The summed E-state index contributed by atoms with van der Waals surface area (Å²) in [6.07, 6.45) is 1.29. The van der Waals surface area contributed by atoms with Crippen LogP contribution in [0, 0.1) is 0 Å². The van der Waals surface area contributed by atoms with Crippen LogP contribution in [0.3, 0.4) is 0 Å². The Morgan fingerprint density at radius 1 is 1.15 bits per heavy atom. The van der Waals surface area contributed by atoms with Crippen LogP contribution in [-0.2, 0) is 13.6 Å². The molecule has 0 saturated heterocycles. The van der Waals surface area contributed by atoms with Crippen LogP contribution in [0.15, 0.2) is 0 Å². The molecular formula is C7H17O5P. The van der Waals surface area contributed by atoms with E-state index in [2.05, 4.69) is 0 Å². The van der Waals surface area contributed by atoms with Crippen LogP contribution >= 0.6 is 7.60 Å².